The van der Waals surface area contributed by atoms with E-state index in [2.05, 4.69) is 24.1 Å². The molecule has 1 amide bonds. The number of benzene rings is 1. The summed E-state index contributed by atoms with van der Waals surface area (Å²) in [5.41, 5.74) is 1.83. The molecule has 2 aromatic rings. The summed E-state index contributed by atoms with van der Waals surface area (Å²) in [7, 11) is 0. The first-order valence-corrected chi connectivity index (χ1v) is 7.88. The van der Waals surface area contributed by atoms with Crippen molar-refractivity contribution in [3.05, 3.63) is 51.7 Å². The summed E-state index contributed by atoms with van der Waals surface area (Å²) in [6, 6.07) is 6.33. The fraction of sp³-hybridized carbons (Fsp3) is 0.375. The Morgan fingerprint density at radius 1 is 1.33 bits per heavy atom. The molecular weight excluding hydrogens is 287 g/mol. The number of rotatable bonds is 6. The van der Waals surface area contributed by atoms with E-state index >= 15 is 0 Å². The molecule has 112 valence electrons. The molecule has 1 N–H and O–H groups in total. The third-order valence-corrected chi connectivity index (χ3v) is 4.25. The number of carbonyl (C=O) groups is 1. The molecule has 2 rings (SSSR count). The molecule has 0 atom stereocenters. The molecule has 0 bridgehead atoms. The number of aromatic nitrogens is 1. The van der Waals surface area contributed by atoms with Crippen LogP contribution in [-0.2, 0) is 17.6 Å². The third-order valence-electron chi connectivity index (χ3n) is 3.05. The maximum absolute atomic E-state index is 12.8. The van der Waals surface area contributed by atoms with Crippen molar-refractivity contribution in [1.29, 1.82) is 0 Å². The standard InChI is InChI=1S/C16H19FN2OS/c1-11(2)16-19-14(10-21-16)9-15(20)18-8-7-12-3-5-13(17)6-4-12/h3-6,10-11H,7-9H2,1-2H3,(H,18,20). The van der Waals surface area contributed by atoms with Crippen molar-refractivity contribution in [1.82, 2.24) is 10.3 Å². The Morgan fingerprint density at radius 2 is 2.05 bits per heavy atom. The molecule has 21 heavy (non-hydrogen) atoms. The van der Waals surface area contributed by atoms with Gasteiger partial charge < -0.3 is 5.32 Å². The van der Waals surface area contributed by atoms with E-state index in [-0.39, 0.29) is 11.7 Å². The van der Waals surface area contributed by atoms with Gasteiger partial charge in [0.05, 0.1) is 17.1 Å². The maximum atomic E-state index is 12.8. The van der Waals surface area contributed by atoms with E-state index in [1.165, 1.54) is 12.1 Å². The van der Waals surface area contributed by atoms with Crippen LogP contribution in [0.4, 0.5) is 4.39 Å². The lowest BCUT2D eigenvalue weighted by molar-refractivity contribution is -0.120. The minimum absolute atomic E-state index is 0.0299. The zero-order valence-electron chi connectivity index (χ0n) is 12.2. The van der Waals surface area contributed by atoms with E-state index in [9.17, 15) is 9.18 Å². The number of halogens is 1. The van der Waals surface area contributed by atoms with Crippen LogP contribution in [0.1, 0.15) is 36.0 Å². The van der Waals surface area contributed by atoms with Crippen LogP contribution in [0.25, 0.3) is 0 Å². The first kappa shape index (κ1) is 15.6. The van der Waals surface area contributed by atoms with Crippen LogP contribution in [0.3, 0.4) is 0 Å². The summed E-state index contributed by atoms with van der Waals surface area (Å²) in [6.45, 7) is 4.72. The smallest absolute Gasteiger partial charge is 0.226 e. The van der Waals surface area contributed by atoms with Crippen LogP contribution in [0.15, 0.2) is 29.6 Å². The summed E-state index contributed by atoms with van der Waals surface area (Å²) in [6.07, 6.45) is 1.01. The highest BCUT2D eigenvalue weighted by atomic mass is 32.1. The number of hydrogen-bond acceptors (Lipinski definition) is 3. The molecule has 0 aliphatic rings. The minimum atomic E-state index is -0.243. The summed E-state index contributed by atoms with van der Waals surface area (Å²) in [5, 5.41) is 5.86. The van der Waals surface area contributed by atoms with Crippen LogP contribution in [0.2, 0.25) is 0 Å². The molecule has 0 saturated heterocycles. The highest BCUT2D eigenvalue weighted by molar-refractivity contribution is 7.09. The van der Waals surface area contributed by atoms with Crippen molar-refractivity contribution in [3.63, 3.8) is 0 Å². The SMILES string of the molecule is CC(C)c1nc(CC(=O)NCCc2ccc(F)cc2)cs1. The van der Waals surface area contributed by atoms with E-state index in [0.29, 0.717) is 25.3 Å². The van der Waals surface area contributed by atoms with Crippen LogP contribution in [0, 0.1) is 5.82 Å². The Hall–Kier alpha value is -1.75. The average Bonchev–Trinajstić information content (AvgIpc) is 2.90. The van der Waals surface area contributed by atoms with Gasteiger partial charge in [0.1, 0.15) is 5.82 Å². The molecule has 1 aromatic heterocycles. The van der Waals surface area contributed by atoms with E-state index in [1.807, 2.05) is 5.38 Å². The van der Waals surface area contributed by atoms with Crippen LogP contribution in [-0.4, -0.2) is 17.4 Å². The van der Waals surface area contributed by atoms with Crippen molar-refractivity contribution in [2.75, 3.05) is 6.54 Å². The van der Waals surface area contributed by atoms with Gasteiger partial charge in [-0.05, 0) is 24.1 Å². The van der Waals surface area contributed by atoms with Gasteiger partial charge >= 0.3 is 0 Å². The first-order valence-electron chi connectivity index (χ1n) is 7.00. The molecule has 0 fully saturated rings. The number of hydrogen-bond donors (Lipinski definition) is 1. The second-order valence-corrected chi connectivity index (χ2v) is 6.12. The van der Waals surface area contributed by atoms with Crippen molar-refractivity contribution in [3.8, 4) is 0 Å². The van der Waals surface area contributed by atoms with Gasteiger partial charge in [-0.15, -0.1) is 11.3 Å². The lowest BCUT2D eigenvalue weighted by atomic mass is 10.1. The van der Waals surface area contributed by atoms with Gasteiger partial charge in [-0.3, -0.25) is 4.79 Å². The van der Waals surface area contributed by atoms with Crippen molar-refractivity contribution >= 4 is 17.2 Å². The van der Waals surface area contributed by atoms with Gasteiger partial charge in [0, 0.05) is 17.8 Å². The zero-order chi connectivity index (χ0) is 15.2. The number of nitrogens with zero attached hydrogens (tertiary/aromatic N) is 1. The first-order chi connectivity index (χ1) is 10.0. The molecule has 5 heteroatoms. The van der Waals surface area contributed by atoms with Crippen LogP contribution >= 0.6 is 11.3 Å². The Bertz CT molecular complexity index is 593. The van der Waals surface area contributed by atoms with Gasteiger partial charge in [0.25, 0.3) is 0 Å². The lowest BCUT2D eigenvalue weighted by Crippen LogP contribution is -2.27. The van der Waals surface area contributed by atoms with Crippen molar-refractivity contribution < 1.29 is 9.18 Å². The number of amides is 1. The predicted molar refractivity (Wildman–Crippen MR) is 83.0 cm³/mol. The second-order valence-electron chi connectivity index (χ2n) is 5.23. The predicted octanol–water partition coefficient (Wildman–Crippen LogP) is 3.31. The summed E-state index contributed by atoms with van der Waals surface area (Å²) < 4.78 is 12.8. The Kier molecular flexibility index (Phi) is 5.44. The Balaban J connectivity index is 1.75. The van der Waals surface area contributed by atoms with Gasteiger partial charge in [-0.1, -0.05) is 26.0 Å². The topological polar surface area (TPSA) is 42.0 Å². The van der Waals surface area contributed by atoms with Crippen molar-refractivity contribution in [2.24, 2.45) is 0 Å². The highest BCUT2D eigenvalue weighted by Crippen LogP contribution is 2.19. The monoisotopic (exact) mass is 306 g/mol. The molecule has 0 radical (unpaired) electrons. The minimum Gasteiger partial charge on any atom is -0.355 e. The molecule has 0 aliphatic heterocycles. The van der Waals surface area contributed by atoms with Crippen molar-refractivity contribution in [2.45, 2.75) is 32.6 Å². The van der Waals surface area contributed by atoms with Gasteiger partial charge in [0.2, 0.25) is 5.91 Å². The summed E-state index contributed by atoms with van der Waals surface area (Å²) >= 11 is 1.60. The highest BCUT2D eigenvalue weighted by Gasteiger charge is 2.09. The van der Waals surface area contributed by atoms with Gasteiger partial charge in [-0.25, -0.2) is 9.37 Å². The van der Waals surface area contributed by atoms with E-state index in [0.717, 1.165) is 16.3 Å². The molecule has 0 aliphatic carbocycles. The van der Waals surface area contributed by atoms with E-state index in [1.54, 1.807) is 23.5 Å². The molecular formula is C16H19FN2OS. The molecule has 1 heterocycles. The maximum Gasteiger partial charge on any atom is 0.226 e. The number of carbonyl (C=O) groups excluding carboxylic acids is 1. The largest absolute Gasteiger partial charge is 0.355 e. The average molecular weight is 306 g/mol. The van der Waals surface area contributed by atoms with Gasteiger partial charge in [0.15, 0.2) is 0 Å². The number of nitrogens with one attached hydrogen (secondary N) is 1. The molecule has 0 unspecified atom stereocenters. The lowest BCUT2D eigenvalue weighted by Gasteiger charge is -2.04. The summed E-state index contributed by atoms with van der Waals surface area (Å²) in [5.74, 6) is 0.121. The second kappa shape index (κ2) is 7.31. The molecule has 1 aromatic carbocycles. The third kappa shape index (κ3) is 4.93. The fourth-order valence-corrected chi connectivity index (χ4v) is 2.73. The summed E-state index contributed by atoms with van der Waals surface area (Å²) in [4.78, 5) is 16.3. The molecule has 0 spiro atoms. The zero-order valence-corrected chi connectivity index (χ0v) is 13.0. The fourth-order valence-electron chi connectivity index (χ4n) is 1.89. The Morgan fingerprint density at radius 3 is 2.67 bits per heavy atom. The van der Waals surface area contributed by atoms with Crippen LogP contribution in [0.5, 0.6) is 0 Å². The number of thiazole rings is 1. The van der Waals surface area contributed by atoms with E-state index in [4.69, 9.17) is 0 Å². The molecule has 0 saturated carbocycles. The quantitative estimate of drug-likeness (QED) is 0.889. The Labute approximate surface area is 128 Å². The molecule has 3 nitrogen and oxygen atoms in total. The van der Waals surface area contributed by atoms with Crippen LogP contribution < -0.4 is 5.32 Å². The van der Waals surface area contributed by atoms with Gasteiger partial charge in [-0.2, -0.15) is 0 Å². The van der Waals surface area contributed by atoms with E-state index < -0.39 is 0 Å². The normalized spacial score (nSPS) is 10.9.